The maximum Gasteiger partial charge on any atom is 0.254 e. The summed E-state index contributed by atoms with van der Waals surface area (Å²) in [5, 5.41) is 9.94. The molecule has 0 aliphatic carbocycles. The van der Waals surface area contributed by atoms with Crippen LogP contribution in [0.5, 0.6) is 0 Å². The average Bonchev–Trinajstić information content (AvgIpc) is 2.68. The molecule has 1 atom stereocenters. The van der Waals surface area contributed by atoms with Crippen LogP contribution in [-0.4, -0.2) is 53.7 Å². The molecule has 2 aliphatic heterocycles. The molecule has 0 radical (unpaired) electrons. The number of pyridine rings is 1. The highest BCUT2D eigenvalue weighted by molar-refractivity contribution is 5.94. The van der Waals surface area contributed by atoms with E-state index < -0.39 is 0 Å². The SMILES string of the molecule is CCC[C@@]1(CO)CCCN(c2cc(C(=O)N3CCCCC3)ccn2)C1. The Kier molecular flexibility index (Phi) is 5.94. The standard InChI is InChI=1S/C20H31N3O2/c1-2-8-20(16-24)9-6-13-23(15-20)18-14-17(7-10-21-18)19(25)22-11-4-3-5-12-22/h7,10,14,24H,2-6,8-9,11-13,15-16H2,1H3/t20-/m1/s1. The number of aliphatic hydroxyl groups excluding tert-OH is 1. The van der Waals surface area contributed by atoms with Crippen LogP contribution in [0.3, 0.4) is 0 Å². The van der Waals surface area contributed by atoms with Crippen molar-refractivity contribution in [3.05, 3.63) is 23.9 Å². The molecule has 138 valence electrons. The summed E-state index contributed by atoms with van der Waals surface area (Å²) in [6, 6.07) is 3.77. The summed E-state index contributed by atoms with van der Waals surface area (Å²) in [5.41, 5.74) is 0.712. The first kappa shape index (κ1) is 18.2. The molecule has 5 nitrogen and oxygen atoms in total. The second kappa shape index (κ2) is 8.17. The van der Waals surface area contributed by atoms with E-state index >= 15 is 0 Å². The molecule has 0 unspecified atom stereocenters. The molecule has 1 amide bonds. The number of carbonyl (C=O) groups excluding carboxylic acids is 1. The van der Waals surface area contributed by atoms with Crippen molar-refractivity contribution in [3.63, 3.8) is 0 Å². The number of likely N-dealkylation sites (tertiary alicyclic amines) is 1. The summed E-state index contributed by atoms with van der Waals surface area (Å²) in [4.78, 5) is 21.5. The Balaban J connectivity index is 1.75. The summed E-state index contributed by atoms with van der Waals surface area (Å²) >= 11 is 0. The Morgan fingerprint density at radius 2 is 2.04 bits per heavy atom. The molecule has 1 N–H and O–H groups in total. The van der Waals surface area contributed by atoms with E-state index in [1.807, 2.05) is 17.0 Å². The fraction of sp³-hybridized carbons (Fsp3) is 0.700. The van der Waals surface area contributed by atoms with Gasteiger partial charge in [0.15, 0.2) is 0 Å². The van der Waals surface area contributed by atoms with Crippen LogP contribution >= 0.6 is 0 Å². The third-order valence-corrected chi connectivity index (χ3v) is 5.74. The van der Waals surface area contributed by atoms with Gasteiger partial charge in [0.05, 0.1) is 6.61 Å². The number of rotatable bonds is 5. The highest BCUT2D eigenvalue weighted by Gasteiger charge is 2.34. The summed E-state index contributed by atoms with van der Waals surface area (Å²) in [6.07, 6.45) is 9.42. The monoisotopic (exact) mass is 345 g/mol. The lowest BCUT2D eigenvalue weighted by Crippen LogP contribution is -2.45. The van der Waals surface area contributed by atoms with Crippen LogP contribution in [0.25, 0.3) is 0 Å². The topological polar surface area (TPSA) is 56.7 Å². The lowest BCUT2D eigenvalue weighted by atomic mass is 9.77. The first-order chi connectivity index (χ1) is 12.2. The second-order valence-electron chi connectivity index (χ2n) is 7.69. The van der Waals surface area contributed by atoms with E-state index in [1.165, 1.54) is 6.42 Å². The first-order valence-corrected chi connectivity index (χ1v) is 9.78. The normalized spacial score (nSPS) is 24.4. The number of amides is 1. The van der Waals surface area contributed by atoms with E-state index in [-0.39, 0.29) is 17.9 Å². The quantitative estimate of drug-likeness (QED) is 0.891. The fourth-order valence-electron chi connectivity index (χ4n) is 4.35. The van der Waals surface area contributed by atoms with Crippen LogP contribution in [-0.2, 0) is 0 Å². The van der Waals surface area contributed by atoms with E-state index in [2.05, 4.69) is 16.8 Å². The van der Waals surface area contributed by atoms with Crippen molar-refractivity contribution in [1.29, 1.82) is 0 Å². The number of aromatic nitrogens is 1. The highest BCUT2D eigenvalue weighted by atomic mass is 16.3. The predicted molar refractivity (Wildman–Crippen MR) is 99.9 cm³/mol. The van der Waals surface area contributed by atoms with Gasteiger partial charge in [0.1, 0.15) is 5.82 Å². The number of aliphatic hydroxyl groups is 1. The molecule has 0 aromatic carbocycles. The van der Waals surface area contributed by atoms with Crippen molar-refractivity contribution in [1.82, 2.24) is 9.88 Å². The summed E-state index contributed by atoms with van der Waals surface area (Å²) in [7, 11) is 0. The molecule has 25 heavy (non-hydrogen) atoms. The zero-order chi connectivity index (χ0) is 17.7. The highest BCUT2D eigenvalue weighted by Crippen LogP contribution is 2.35. The van der Waals surface area contributed by atoms with E-state index in [9.17, 15) is 9.90 Å². The summed E-state index contributed by atoms with van der Waals surface area (Å²) in [6.45, 7) is 5.90. The number of anilines is 1. The smallest absolute Gasteiger partial charge is 0.254 e. The minimum absolute atomic E-state index is 0.0262. The van der Waals surface area contributed by atoms with Crippen molar-refractivity contribution in [2.75, 3.05) is 37.7 Å². The number of hydrogen-bond acceptors (Lipinski definition) is 4. The van der Waals surface area contributed by atoms with Crippen LogP contribution in [0.4, 0.5) is 5.82 Å². The number of piperidine rings is 2. The fourth-order valence-corrected chi connectivity index (χ4v) is 4.35. The molecule has 5 heteroatoms. The van der Waals surface area contributed by atoms with E-state index in [0.717, 1.165) is 76.1 Å². The number of nitrogens with zero attached hydrogens (tertiary/aromatic N) is 3. The zero-order valence-corrected chi connectivity index (χ0v) is 15.4. The molecule has 2 saturated heterocycles. The van der Waals surface area contributed by atoms with Crippen LogP contribution in [0.15, 0.2) is 18.3 Å². The van der Waals surface area contributed by atoms with Gasteiger partial charge in [-0.25, -0.2) is 4.98 Å². The largest absolute Gasteiger partial charge is 0.396 e. The third-order valence-electron chi connectivity index (χ3n) is 5.74. The van der Waals surface area contributed by atoms with Gasteiger partial charge < -0.3 is 14.9 Å². The van der Waals surface area contributed by atoms with Gasteiger partial charge in [0.2, 0.25) is 0 Å². The van der Waals surface area contributed by atoms with Crippen molar-refractivity contribution in [2.45, 2.75) is 51.9 Å². The second-order valence-corrected chi connectivity index (χ2v) is 7.69. The van der Waals surface area contributed by atoms with Gasteiger partial charge in [-0.3, -0.25) is 4.79 Å². The Hall–Kier alpha value is -1.62. The Labute approximate surface area is 151 Å². The molecule has 0 bridgehead atoms. The van der Waals surface area contributed by atoms with Gasteiger partial charge in [0.25, 0.3) is 5.91 Å². The molecule has 0 spiro atoms. The minimum atomic E-state index is -0.0262. The summed E-state index contributed by atoms with van der Waals surface area (Å²) in [5.74, 6) is 0.999. The van der Waals surface area contributed by atoms with Gasteiger partial charge in [0, 0.05) is 43.4 Å². The summed E-state index contributed by atoms with van der Waals surface area (Å²) < 4.78 is 0. The lowest BCUT2D eigenvalue weighted by molar-refractivity contribution is 0.0724. The van der Waals surface area contributed by atoms with Crippen molar-refractivity contribution < 1.29 is 9.90 Å². The number of carbonyl (C=O) groups is 1. The van der Waals surface area contributed by atoms with Crippen molar-refractivity contribution in [3.8, 4) is 0 Å². The van der Waals surface area contributed by atoms with Crippen molar-refractivity contribution in [2.24, 2.45) is 5.41 Å². The lowest BCUT2D eigenvalue weighted by Gasteiger charge is -2.42. The van der Waals surface area contributed by atoms with Gasteiger partial charge in [-0.05, 0) is 50.7 Å². The first-order valence-electron chi connectivity index (χ1n) is 9.78. The Bertz CT molecular complexity index is 582. The van der Waals surface area contributed by atoms with E-state index in [4.69, 9.17) is 0 Å². The minimum Gasteiger partial charge on any atom is -0.396 e. The zero-order valence-electron chi connectivity index (χ0n) is 15.4. The molecule has 2 aliphatic rings. The van der Waals surface area contributed by atoms with E-state index in [1.54, 1.807) is 6.20 Å². The molecule has 2 fully saturated rings. The molecule has 3 heterocycles. The molecular weight excluding hydrogens is 314 g/mol. The van der Waals surface area contributed by atoms with Crippen LogP contribution in [0.2, 0.25) is 0 Å². The molecule has 0 saturated carbocycles. The molecule has 1 aromatic heterocycles. The molecule has 1 aromatic rings. The predicted octanol–water partition coefficient (Wildman–Crippen LogP) is 3.09. The van der Waals surface area contributed by atoms with Gasteiger partial charge >= 0.3 is 0 Å². The van der Waals surface area contributed by atoms with Crippen LogP contribution in [0.1, 0.15) is 62.2 Å². The maximum absolute atomic E-state index is 12.8. The number of hydrogen-bond donors (Lipinski definition) is 1. The third kappa shape index (κ3) is 4.14. The van der Waals surface area contributed by atoms with Gasteiger partial charge in [-0.2, -0.15) is 0 Å². The van der Waals surface area contributed by atoms with Gasteiger partial charge in [-0.15, -0.1) is 0 Å². The van der Waals surface area contributed by atoms with Gasteiger partial charge in [-0.1, -0.05) is 13.3 Å². The Morgan fingerprint density at radius 3 is 2.76 bits per heavy atom. The van der Waals surface area contributed by atoms with Crippen molar-refractivity contribution >= 4 is 11.7 Å². The van der Waals surface area contributed by atoms with Crippen LogP contribution < -0.4 is 4.90 Å². The van der Waals surface area contributed by atoms with E-state index in [0.29, 0.717) is 0 Å². The molecule has 3 rings (SSSR count). The van der Waals surface area contributed by atoms with Crippen LogP contribution in [0, 0.1) is 5.41 Å². The molecular formula is C20H31N3O2. The maximum atomic E-state index is 12.8. The Morgan fingerprint density at radius 1 is 1.24 bits per heavy atom. The average molecular weight is 345 g/mol.